The third-order valence-electron chi connectivity index (χ3n) is 3.07. The lowest BCUT2D eigenvalue weighted by Crippen LogP contribution is -2.34. The third kappa shape index (κ3) is 5.15. The lowest BCUT2D eigenvalue weighted by Gasteiger charge is -2.18. The van der Waals surface area contributed by atoms with Crippen LogP contribution >= 0.6 is 0 Å². The zero-order chi connectivity index (χ0) is 15.0. The molecule has 0 bridgehead atoms. The predicted octanol–water partition coefficient (Wildman–Crippen LogP) is 1.64. The van der Waals surface area contributed by atoms with Crippen LogP contribution in [0.3, 0.4) is 0 Å². The molecule has 4 heteroatoms. The van der Waals surface area contributed by atoms with Crippen molar-refractivity contribution in [3.63, 3.8) is 0 Å². The molecule has 4 nitrogen and oxygen atoms in total. The molecule has 0 aliphatic heterocycles. The lowest BCUT2D eigenvalue weighted by atomic mass is 10.0. The molecule has 0 aliphatic rings. The van der Waals surface area contributed by atoms with Crippen molar-refractivity contribution in [1.82, 2.24) is 4.90 Å². The van der Waals surface area contributed by atoms with Gasteiger partial charge in [0, 0.05) is 19.2 Å². The Balaban J connectivity index is 2.67. The van der Waals surface area contributed by atoms with E-state index in [1.807, 2.05) is 24.3 Å². The van der Waals surface area contributed by atoms with Gasteiger partial charge in [-0.3, -0.25) is 4.79 Å². The number of nitrogens with zero attached hydrogens (tertiary/aromatic N) is 1. The number of aliphatic hydroxyl groups excluding tert-OH is 2. The molecular formula is C16H23NO3. The minimum Gasteiger partial charge on any atom is -0.395 e. The summed E-state index contributed by atoms with van der Waals surface area (Å²) in [7, 11) is 0. The van der Waals surface area contributed by atoms with Crippen LogP contribution in [-0.4, -0.2) is 47.3 Å². The Hall–Kier alpha value is -1.65. The summed E-state index contributed by atoms with van der Waals surface area (Å²) in [4.78, 5) is 13.3. The molecule has 1 amide bonds. The number of carbonyl (C=O) groups excluding carboxylic acids is 1. The average molecular weight is 277 g/mol. The summed E-state index contributed by atoms with van der Waals surface area (Å²) in [5, 5.41) is 17.8. The van der Waals surface area contributed by atoms with Gasteiger partial charge in [0.2, 0.25) is 5.91 Å². The summed E-state index contributed by atoms with van der Waals surface area (Å²) < 4.78 is 0. The molecule has 2 N–H and O–H groups in total. The Labute approximate surface area is 120 Å². The molecule has 0 heterocycles. The van der Waals surface area contributed by atoms with Crippen molar-refractivity contribution in [3.05, 3.63) is 41.5 Å². The molecule has 20 heavy (non-hydrogen) atoms. The van der Waals surface area contributed by atoms with E-state index in [4.69, 9.17) is 10.2 Å². The van der Waals surface area contributed by atoms with Crippen LogP contribution in [0.2, 0.25) is 0 Å². The maximum Gasteiger partial charge on any atom is 0.246 e. The number of aliphatic hydroxyl groups is 2. The molecule has 0 radical (unpaired) electrons. The Morgan fingerprint density at radius 2 is 1.70 bits per heavy atom. The van der Waals surface area contributed by atoms with Gasteiger partial charge in [-0.05, 0) is 23.1 Å². The van der Waals surface area contributed by atoms with Crippen LogP contribution in [0.4, 0.5) is 0 Å². The van der Waals surface area contributed by atoms with E-state index in [0.717, 1.165) is 5.56 Å². The first-order valence-corrected chi connectivity index (χ1v) is 6.87. The number of benzene rings is 1. The molecule has 110 valence electrons. The van der Waals surface area contributed by atoms with Crippen molar-refractivity contribution in [3.8, 4) is 0 Å². The number of hydrogen-bond acceptors (Lipinski definition) is 3. The van der Waals surface area contributed by atoms with Gasteiger partial charge in [-0.2, -0.15) is 0 Å². The third-order valence-corrected chi connectivity index (χ3v) is 3.07. The maximum absolute atomic E-state index is 11.9. The number of amides is 1. The van der Waals surface area contributed by atoms with E-state index in [-0.39, 0.29) is 32.2 Å². The normalized spacial score (nSPS) is 11.2. The number of hydrogen-bond donors (Lipinski definition) is 2. The first kappa shape index (κ1) is 16.4. The van der Waals surface area contributed by atoms with Crippen molar-refractivity contribution in [1.29, 1.82) is 0 Å². The molecule has 1 aromatic carbocycles. The van der Waals surface area contributed by atoms with Crippen molar-refractivity contribution in [2.45, 2.75) is 19.8 Å². The minimum absolute atomic E-state index is 0.108. The zero-order valence-electron chi connectivity index (χ0n) is 12.1. The summed E-state index contributed by atoms with van der Waals surface area (Å²) in [6, 6.07) is 8.05. The highest BCUT2D eigenvalue weighted by Crippen LogP contribution is 2.15. The van der Waals surface area contributed by atoms with Crippen LogP contribution in [0.15, 0.2) is 30.3 Å². The fraction of sp³-hybridized carbons (Fsp3) is 0.438. The van der Waals surface area contributed by atoms with Gasteiger partial charge < -0.3 is 15.1 Å². The summed E-state index contributed by atoms with van der Waals surface area (Å²) in [6.45, 7) is 4.52. The summed E-state index contributed by atoms with van der Waals surface area (Å²) in [6.07, 6.45) is 3.21. The van der Waals surface area contributed by atoms with E-state index in [1.165, 1.54) is 16.5 Å². The molecule has 1 aromatic rings. The van der Waals surface area contributed by atoms with Crippen LogP contribution in [0.1, 0.15) is 30.9 Å². The molecule has 0 aromatic heterocycles. The maximum atomic E-state index is 11.9. The van der Waals surface area contributed by atoms with Gasteiger partial charge in [-0.15, -0.1) is 0 Å². The smallest absolute Gasteiger partial charge is 0.246 e. The van der Waals surface area contributed by atoms with Gasteiger partial charge in [-0.25, -0.2) is 0 Å². The monoisotopic (exact) mass is 277 g/mol. The van der Waals surface area contributed by atoms with Gasteiger partial charge in [0.25, 0.3) is 0 Å². The lowest BCUT2D eigenvalue weighted by molar-refractivity contribution is -0.126. The Morgan fingerprint density at radius 1 is 1.15 bits per heavy atom. The van der Waals surface area contributed by atoms with E-state index >= 15 is 0 Å². The van der Waals surface area contributed by atoms with Crippen LogP contribution in [0.25, 0.3) is 6.08 Å². The second-order valence-corrected chi connectivity index (χ2v) is 4.93. The van der Waals surface area contributed by atoms with Crippen molar-refractivity contribution >= 4 is 12.0 Å². The fourth-order valence-corrected chi connectivity index (χ4v) is 1.84. The Kier molecular flexibility index (Phi) is 6.98. The molecule has 0 unspecified atom stereocenters. The predicted molar refractivity (Wildman–Crippen MR) is 80.3 cm³/mol. The largest absolute Gasteiger partial charge is 0.395 e. The highest BCUT2D eigenvalue weighted by Gasteiger charge is 2.08. The van der Waals surface area contributed by atoms with E-state index in [1.54, 1.807) is 6.08 Å². The van der Waals surface area contributed by atoms with Crippen LogP contribution in [-0.2, 0) is 4.79 Å². The quantitative estimate of drug-likeness (QED) is 0.745. The summed E-state index contributed by atoms with van der Waals surface area (Å²) in [5.74, 6) is 0.278. The molecular weight excluding hydrogens is 254 g/mol. The second-order valence-electron chi connectivity index (χ2n) is 4.93. The summed E-state index contributed by atoms with van der Waals surface area (Å²) in [5.41, 5.74) is 2.21. The minimum atomic E-state index is -0.207. The molecule has 0 saturated carbocycles. The Morgan fingerprint density at radius 3 is 2.15 bits per heavy atom. The van der Waals surface area contributed by atoms with E-state index in [0.29, 0.717) is 5.92 Å². The first-order chi connectivity index (χ1) is 9.58. The fourth-order valence-electron chi connectivity index (χ4n) is 1.84. The number of carbonyl (C=O) groups is 1. The van der Waals surface area contributed by atoms with Crippen LogP contribution in [0.5, 0.6) is 0 Å². The molecule has 0 aliphatic carbocycles. The van der Waals surface area contributed by atoms with Crippen LogP contribution < -0.4 is 0 Å². The van der Waals surface area contributed by atoms with Crippen molar-refractivity contribution in [2.24, 2.45) is 0 Å². The second kappa shape index (κ2) is 8.51. The first-order valence-electron chi connectivity index (χ1n) is 6.87. The van der Waals surface area contributed by atoms with Crippen molar-refractivity contribution in [2.75, 3.05) is 26.3 Å². The van der Waals surface area contributed by atoms with E-state index in [2.05, 4.69) is 13.8 Å². The standard InChI is InChI=1S/C16H23NO3/c1-13(2)15-6-3-14(4-7-15)5-8-16(20)17(9-11-18)10-12-19/h3-8,13,18-19H,9-12H2,1-2H3. The SMILES string of the molecule is CC(C)c1ccc(C=CC(=O)N(CCO)CCO)cc1. The van der Waals surface area contributed by atoms with Gasteiger partial charge in [0.15, 0.2) is 0 Å². The molecule has 0 saturated heterocycles. The zero-order valence-corrected chi connectivity index (χ0v) is 12.1. The van der Waals surface area contributed by atoms with Gasteiger partial charge in [0.05, 0.1) is 13.2 Å². The Bertz CT molecular complexity index is 432. The van der Waals surface area contributed by atoms with E-state index in [9.17, 15) is 4.79 Å². The van der Waals surface area contributed by atoms with E-state index < -0.39 is 0 Å². The molecule has 0 atom stereocenters. The van der Waals surface area contributed by atoms with Gasteiger partial charge in [0.1, 0.15) is 0 Å². The number of rotatable bonds is 7. The molecule has 0 fully saturated rings. The van der Waals surface area contributed by atoms with Gasteiger partial charge in [-0.1, -0.05) is 38.1 Å². The van der Waals surface area contributed by atoms with Crippen molar-refractivity contribution < 1.29 is 15.0 Å². The van der Waals surface area contributed by atoms with Gasteiger partial charge >= 0.3 is 0 Å². The van der Waals surface area contributed by atoms with Crippen LogP contribution in [0, 0.1) is 0 Å². The molecule has 1 rings (SSSR count). The highest BCUT2D eigenvalue weighted by molar-refractivity contribution is 5.91. The topological polar surface area (TPSA) is 60.8 Å². The molecule has 0 spiro atoms. The highest BCUT2D eigenvalue weighted by atomic mass is 16.3. The average Bonchev–Trinajstić information content (AvgIpc) is 2.45. The summed E-state index contributed by atoms with van der Waals surface area (Å²) >= 11 is 0.